The number of ether oxygens (including phenoxy) is 1. The molecule has 0 aromatic heterocycles. The minimum absolute atomic E-state index is 0.501. The van der Waals surface area contributed by atoms with Crippen molar-refractivity contribution in [3.63, 3.8) is 0 Å². The normalized spacial score (nSPS) is 11.2. The van der Waals surface area contributed by atoms with Gasteiger partial charge in [0.25, 0.3) is 0 Å². The summed E-state index contributed by atoms with van der Waals surface area (Å²) >= 11 is 0. The van der Waals surface area contributed by atoms with Crippen LogP contribution in [0.3, 0.4) is 0 Å². The van der Waals surface area contributed by atoms with E-state index in [0.29, 0.717) is 11.4 Å². The van der Waals surface area contributed by atoms with Crippen molar-refractivity contribution < 1.29 is 9.53 Å². The Bertz CT molecular complexity index is 436. The summed E-state index contributed by atoms with van der Waals surface area (Å²) in [6.07, 6.45) is 4.37. The Morgan fingerprint density at radius 1 is 1.41 bits per heavy atom. The quantitative estimate of drug-likeness (QED) is 0.638. The Hall–Kier alpha value is -2.36. The molecule has 0 bridgehead atoms. The molecule has 0 heterocycles. The lowest BCUT2D eigenvalue weighted by Gasteiger charge is -2.05. The van der Waals surface area contributed by atoms with Gasteiger partial charge < -0.3 is 4.74 Å². The van der Waals surface area contributed by atoms with E-state index in [1.807, 2.05) is 6.07 Å². The highest BCUT2D eigenvalue weighted by Crippen LogP contribution is 2.08. The van der Waals surface area contributed by atoms with Gasteiger partial charge in [-0.15, -0.1) is 0 Å². The van der Waals surface area contributed by atoms with Crippen LogP contribution < -0.4 is 10.1 Å². The van der Waals surface area contributed by atoms with Gasteiger partial charge in [0.05, 0.1) is 0 Å². The molecule has 4 nitrogen and oxygen atoms in total. The SMILES string of the molecule is C=N/C=C\C=C(/C)NC(=O)Oc1ccccc1. The standard InChI is InChI=1S/C13H14N2O2/c1-11(7-6-10-14-2)15-13(16)17-12-8-4-3-5-9-12/h3-10H,2H2,1H3,(H,15,16)/b10-6-,11-7+. The van der Waals surface area contributed by atoms with Crippen LogP contribution in [0.25, 0.3) is 0 Å². The Morgan fingerprint density at radius 2 is 2.12 bits per heavy atom. The third-order valence-corrected chi connectivity index (χ3v) is 1.79. The summed E-state index contributed by atoms with van der Waals surface area (Å²) in [5.74, 6) is 0.501. The number of aliphatic imine (C=N–C) groups is 1. The number of nitrogens with one attached hydrogen (secondary N) is 1. The number of hydrogen-bond acceptors (Lipinski definition) is 3. The van der Waals surface area contributed by atoms with E-state index in [2.05, 4.69) is 17.0 Å². The summed E-state index contributed by atoms with van der Waals surface area (Å²) < 4.78 is 5.04. The smallest absolute Gasteiger partial charge is 0.410 e. The van der Waals surface area contributed by atoms with Crippen LogP contribution in [-0.2, 0) is 0 Å². The van der Waals surface area contributed by atoms with E-state index < -0.39 is 6.09 Å². The lowest BCUT2D eigenvalue weighted by molar-refractivity contribution is 0.203. The molecular weight excluding hydrogens is 216 g/mol. The maximum Gasteiger partial charge on any atom is 0.416 e. The van der Waals surface area contributed by atoms with Crippen molar-refractivity contribution in [3.05, 3.63) is 54.4 Å². The zero-order valence-corrected chi connectivity index (χ0v) is 9.59. The van der Waals surface area contributed by atoms with Crippen molar-refractivity contribution >= 4 is 12.8 Å². The topological polar surface area (TPSA) is 50.7 Å². The molecule has 1 aromatic rings. The molecule has 1 rings (SSSR count). The first kappa shape index (κ1) is 12.7. The Kier molecular flexibility index (Phi) is 5.24. The predicted molar refractivity (Wildman–Crippen MR) is 68.0 cm³/mol. The van der Waals surface area contributed by atoms with Gasteiger partial charge in [-0.25, -0.2) is 4.79 Å². The second-order valence-corrected chi connectivity index (χ2v) is 3.20. The average molecular weight is 230 g/mol. The van der Waals surface area contributed by atoms with E-state index in [0.717, 1.165) is 0 Å². The minimum atomic E-state index is -0.523. The number of carbonyl (C=O) groups is 1. The maximum absolute atomic E-state index is 11.4. The monoisotopic (exact) mass is 230 g/mol. The summed E-state index contributed by atoms with van der Waals surface area (Å²) in [6, 6.07) is 8.86. The van der Waals surface area contributed by atoms with Gasteiger partial charge in [-0.05, 0) is 37.9 Å². The molecule has 0 aliphatic rings. The lowest BCUT2D eigenvalue weighted by atomic mass is 10.3. The fraction of sp³-hybridized carbons (Fsp3) is 0.0769. The molecule has 0 aliphatic heterocycles. The van der Waals surface area contributed by atoms with E-state index in [1.165, 1.54) is 6.20 Å². The van der Waals surface area contributed by atoms with Gasteiger partial charge in [-0.1, -0.05) is 18.2 Å². The molecule has 0 radical (unpaired) electrons. The van der Waals surface area contributed by atoms with Gasteiger partial charge in [-0.3, -0.25) is 10.3 Å². The summed E-state index contributed by atoms with van der Waals surface area (Å²) in [5, 5.41) is 2.57. The summed E-state index contributed by atoms with van der Waals surface area (Å²) in [5.41, 5.74) is 0.658. The Balaban J connectivity index is 2.47. The number of carbonyl (C=O) groups excluding carboxylic acids is 1. The Labute approximate surface area is 100 Å². The fourth-order valence-electron chi connectivity index (χ4n) is 1.07. The highest BCUT2D eigenvalue weighted by molar-refractivity contribution is 5.72. The molecule has 0 saturated heterocycles. The van der Waals surface area contributed by atoms with Crippen LogP contribution in [0.4, 0.5) is 4.79 Å². The molecule has 17 heavy (non-hydrogen) atoms. The molecule has 0 spiro atoms. The Morgan fingerprint density at radius 3 is 2.76 bits per heavy atom. The molecule has 1 aromatic carbocycles. The molecule has 0 saturated carbocycles. The molecule has 0 unspecified atom stereocenters. The van der Waals surface area contributed by atoms with Gasteiger partial charge in [0.1, 0.15) is 5.75 Å². The second kappa shape index (κ2) is 7.00. The third kappa shape index (κ3) is 5.32. The molecule has 0 atom stereocenters. The van der Waals surface area contributed by atoms with Crippen LogP contribution in [0.1, 0.15) is 6.92 Å². The zero-order chi connectivity index (χ0) is 12.5. The molecule has 4 heteroatoms. The number of allylic oxidation sites excluding steroid dienone is 3. The van der Waals surface area contributed by atoms with Crippen molar-refractivity contribution in [3.8, 4) is 5.75 Å². The van der Waals surface area contributed by atoms with Gasteiger partial charge in [-0.2, -0.15) is 0 Å². The number of rotatable bonds is 4. The summed E-state index contributed by atoms with van der Waals surface area (Å²) in [6.45, 7) is 5.05. The van der Waals surface area contributed by atoms with E-state index in [-0.39, 0.29) is 0 Å². The van der Waals surface area contributed by atoms with Crippen molar-refractivity contribution in [2.75, 3.05) is 0 Å². The van der Waals surface area contributed by atoms with Crippen LogP contribution >= 0.6 is 0 Å². The largest absolute Gasteiger partial charge is 0.416 e. The van der Waals surface area contributed by atoms with E-state index >= 15 is 0 Å². The van der Waals surface area contributed by atoms with E-state index in [1.54, 1.807) is 43.3 Å². The number of benzene rings is 1. The predicted octanol–water partition coefficient (Wildman–Crippen LogP) is 2.89. The maximum atomic E-state index is 11.4. The first-order valence-corrected chi connectivity index (χ1v) is 5.05. The molecule has 1 N–H and O–H groups in total. The van der Waals surface area contributed by atoms with Crippen LogP contribution in [0, 0.1) is 0 Å². The first-order chi connectivity index (χ1) is 8.22. The summed E-state index contributed by atoms with van der Waals surface area (Å²) in [7, 11) is 0. The van der Waals surface area contributed by atoms with Gasteiger partial charge in [0, 0.05) is 11.9 Å². The lowest BCUT2D eigenvalue weighted by Crippen LogP contribution is -2.24. The molecule has 0 aliphatic carbocycles. The van der Waals surface area contributed by atoms with Crippen LogP contribution in [0.2, 0.25) is 0 Å². The molecule has 1 amide bonds. The number of amides is 1. The van der Waals surface area contributed by atoms with Crippen LogP contribution in [-0.4, -0.2) is 12.8 Å². The highest BCUT2D eigenvalue weighted by atomic mass is 16.6. The number of nitrogens with zero attached hydrogens (tertiary/aromatic N) is 1. The van der Waals surface area contributed by atoms with Gasteiger partial charge >= 0.3 is 6.09 Å². The second-order valence-electron chi connectivity index (χ2n) is 3.20. The molecule has 0 fully saturated rings. The van der Waals surface area contributed by atoms with Crippen molar-refractivity contribution in [2.24, 2.45) is 4.99 Å². The van der Waals surface area contributed by atoms with Crippen LogP contribution in [0.15, 0.2) is 59.4 Å². The summed E-state index contributed by atoms with van der Waals surface area (Å²) in [4.78, 5) is 15.0. The van der Waals surface area contributed by atoms with Crippen molar-refractivity contribution in [2.45, 2.75) is 6.92 Å². The van der Waals surface area contributed by atoms with Crippen molar-refractivity contribution in [1.29, 1.82) is 0 Å². The highest BCUT2D eigenvalue weighted by Gasteiger charge is 2.02. The minimum Gasteiger partial charge on any atom is -0.410 e. The van der Waals surface area contributed by atoms with E-state index in [9.17, 15) is 4.79 Å². The zero-order valence-electron chi connectivity index (χ0n) is 9.59. The third-order valence-electron chi connectivity index (χ3n) is 1.79. The van der Waals surface area contributed by atoms with Crippen LogP contribution in [0.5, 0.6) is 5.75 Å². The number of hydrogen-bond donors (Lipinski definition) is 1. The first-order valence-electron chi connectivity index (χ1n) is 5.05. The van der Waals surface area contributed by atoms with E-state index in [4.69, 9.17) is 4.74 Å². The number of para-hydroxylation sites is 1. The molecular formula is C13H14N2O2. The van der Waals surface area contributed by atoms with Crippen molar-refractivity contribution in [1.82, 2.24) is 5.32 Å². The molecule has 88 valence electrons. The van der Waals surface area contributed by atoms with Gasteiger partial charge in [0.15, 0.2) is 0 Å². The average Bonchev–Trinajstić information content (AvgIpc) is 2.30. The fourth-order valence-corrected chi connectivity index (χ4v) is 1.07. The van der Waals surface area contributed by atoms with Gasteiger partial charge in [0.2, 0.25) is 0 Å².